The molecule has 1 N–H and O–H groups in total. The minimum absolute atomic E-state index is 0.0468. The largest absolute Gasteiger partial charge is 0.422 e. The Morgan fingerprint density at radius 2 is 1.97 bits per heavy atom. The van der Waals surface area contributed by atoms with Gasteiger partial charge in [0, 0.05) is 34.1 Å². The van der Waals surface area contributed by atoms with E-state index in [-0.39, 0.29) is 22.6 Å². The molecule has 0 aliphatic heterocycles. The number of nitrogens with zero attached hydrogens (tertiary/aromatic N) is 3. The van der Waals surface area contributed by atoms with E-state index < -0.39 is 16.8 Å². The fourth-order valence-corrected chi connectivity index (χ4v) is 2.84. The Bertz CT molecular complexity index is 1180. The van der Waals surface area contributed by atoms with Crippen LogP contribution in [-0.2, 0) is 0 Å². The third kappa shape index (κ3) is 5.80. The summed E-state index contributed by atoms with van der Waals surface area (Å²) in [5.74, 6) is -1.12. The molecule has 0 saturated heterocycles. The Morgan fingerprint density at radius 3 is 2.65 bits per heavy atom. The summed E-state index contributed by atoms with van der Waals surface area (Å²) in [4.78, 5) is 39.1. The molecule has 1 heterocycles. The summed E-state index contributed by atoms with van der Waals surface area (Å²) >= 11 is 3.28. The fraction of sp³-hybridized carbons (Fsp3) is 0.0476. The number of rotatable bonds is 6. The Balaban J connectivity index is 1.81. The molecule has 9 nitrogen and oxygen atoms in total. The van der Waals surface area contributed by atoms with E-state index in [2.05, 4.69) is 31.4 Å². The number of aromatic nitrogens is 1. The molecule has 1 aromatic heterocycles. The summed E-state index contributed by atoms with van der Waals surface area (Å²) in [6.07, 6.45) is 2.56. The number of nitro groups is 1. The lowest BCUT2D eigenvalue weighted by atomic mass is 10.2. The van der Waals surface area contributed by atoms with E-state index in [1.807, 2.05) is 0 Å². The number of nitro benzene ring substituents is 1. The molecule has 31 heavy (non-hydrogen) atoms. The van der Waals surface area contributed by atoms with Gasteiger partial charge in [-0.2, -0.15) is 5.10 Å². The van der Waals surface area contributed by atoms with Crippen LogP contribution in [0.2, 0.25) is 0 Å². The smallest absolute Gasteiger partial charge is 0.343 e. The zero-order valence-corrected chi connectivity index (χ0v) is 17.7. The number of halogens is 1. The second kappa shape index (κ2) is 9.72. The summed E-state index contributed by atoms with van der Waals surface area (Å²) in [7, 11) is 0. The van der Waals surface area contributed by atoms with Gasteiger partial charge in [-0.15, -0.1) is 0 Å². The number of hydrogen-bond acceptors (Lipinski definition) is 7. The van der Waals surface area contributed by atoms with E-state index in [4.69, 9.17) is 4.74 Å². The quantitative estimate of drug-likeness (QED) is 0.186. The van der Waals surface area contributed by atoms with Gasteiger partial charge in [-0.05, 0) is 43.3 Å². The number of pyridine rings is 1. The van der Waals surface area contributed by atoms with Crippen LogP contribution in [0.5, 0.6) is 5.75 Å². The van der Waals surface area contributed by atoms with Crippen molar-refractivity contribution in [1.82, 2.24) is 10.4 Å². The van der Waals surface area contributed by atoms with Gasteiger partial charge in [0.25, 0.3) is 11.6 Å². The van der Waals surface area contributed by atoms with Crippen LogP contribution in [0, 0.1) is 17.0 Å². The molecule has 0 spiro atoms. The van der Waals surface area contributed by atoms with Crippen LogP contribution < -0.4 is 10.2 Å². The van der Waals surface area contributed by atoms with Crippen LogP contribution in [0.25, 0.3) is 0 Å². The highest BCUT2D eigenvalue weighted by Gasteiger charge is 2.15. The average molecular weight is 483 g/mol. The molecular weight excluding hydrogens is 468 g/mol. The van der Waals surface area contributed by atoms with Gasteiger partial charge in [0.15, 0.2) is 0 Å². The summed E-state index contributed by atoms with van der Waals surface area (Å²) in [6.45, 7) is 1.79. The third-order valence-electron chi connectivity index (χ3n) is 4.01. The normalized spacial score (nSPS) is 10.6. The maximum Gasteiger partial charge on any atom is 0.343 e. The Labute approximate surface area is 185 Å². The van der Waals surface area contributed by atoms with E-state index in [0.29, 0.717) is 10.0 Å². The second-order valence-electron chi connectivity index (χ2n) is 6.27. The standard InChI is InChI=1S/C21H15BrN4O5/c1-13-5-6-15(11-23-13)20(27)25-24-12-16-10-18(26(29)30)7-8-19(16)31-21(28)14-3-2-4-17(22)9-14/h2-12H,1H3,(H,25,27)/b24-12+. The van der Waals surface area contributed by atoms with Crippen molar-refractivity contribution in [2.24, 2.45) is 5.10 Å². The van der Waals surface area contributed by atoms with Gasteiger partial charge in [0.1, 0.15) is 5.75 Å². The van der Waals surface area contributed by atoms with Crippen molar-refractivity contribution >= 4 is 39.7 Å². The minimum atomic E-state index is -0.653. The second-order valence-corrected chi connectivity index (χ2v) is 7.18. The molecule has 0 radical (unpaired) electrons. The number of carbonyl (C=O) groups excluding carboxylic acids is 2. The minimum Gasteiger partial charge on any atom is -0.422 e. The van der Waals surface area contributed by atoms with E-state index in [1.54, 1.807) is 43.3 Å². The molecular formula is C21H15BrN4O5. The summed E-state index contributed by atoms with van der Waals surface area (Å²) < 4.78 is 6.08. The molecule has 3 aromatic rings. The molecule has 0 aliphatic carbocycles. The maximum atomic E-state index is 12.4. The van der Waals surface area contributed by atoms with Crippen LogP contribution in [0.3, 0.4) is 0 Å². The van der Waals surface area contributed by atoms with Gasteiger partial charge in [0.05, 0.1) is 22.3 Å². The zero-order valence-electron chi connectivity index (χ0n) is 16.1. The van der Waals surface area contributed by atoms with Gasteiger partial charge in [-0.3, -0.25) is 19.9 Å². The van der Waals surface area contributed by atoms with Gasteiger partial charge >= 0.3 is 5.97 Å². The molecule has 3 rings (SSSR count). The number of nitrogens with one attached hydrogen (secondary N) is 1. The van der Waals surface area contributed by atoms with E-state index in [9.17, 15) is 19.7 Å². The van der Waals surface area contributed by atoms with Crippen LogP contribution in [0.1, 0.15) is 32.0 Å². The number of aryl methyl sites for hydroxylation is 1. The molecule has 156 valence electrons. The Hall–Kier alpha value is -3.92. The first kappa shape index (κ1) is 21.8. The number of ether oxygens (including phenoxy) is 1. The van der Waals surface area contributed by atoms with Crippen LogP contribution in [0.15, 0.2) is 70.4 Å². The zero-order chi connectivity index (χ0) is 22.4. The SMILES string of the molecule is Cc1ccc(C(=O)N/N=C/c2cc([N+](=O)[O-])ccc2OC(=O)c2cccc(Br)c2)cn1. The highest BCUT2D eigenvalue weighted by Crippen LogP contribution is 2.24. The first-order valence-corrected chi connectivity index (χ1v) is 9.65. The van der Waals surface area contributed by atoms with Gasteiger partial charge < -0.3 is 4.74 Å². The average Bonchev–Trinajstić information content (AvgIpc) is 2.75. The van der Waals surface area contributed by atoms with E-state index in [1.165, 1.54) is 24.4 Å². The lowest BCUT2D eigenvalue weighted by molar-refractivity contribution is -0.384. The highest BCUT2D eigenvalue weighted by atomic mass is 79.9. The molecule has 0 bridgehead atoms. The summed E-state index contributed by atoms with van der Waals surface area (Å²) in [5.41, 5.74) is 3.56. The van der Waals surface area contributed by atoms with Crippen LogP contribution in [-0.4, -0.2) is 28.0 Å². The first-order chi connectivity index (χ1) is 14.8. The maximum absolute atomic E-state index is 12.4. The van der Waals surface area contributed by atoms with Gasteiger partial charge in [-0.1, -0.05) is 22.0 Å². The number of esters is 1. The summed E-state index contributed by atoms with van der Waals surface area (Å²) in [5, 5.41) is 14.9. The number of amides is 1. The first-order valence-electron chi connectivity index (χ1n) is 8.86. The van der Waals surface area contributed by atoms with Crippen molar-refractivity contribution < 1.29 is 19.2 Å². The fourth-order valence-electron chi connectivity index (χ4n) is 2.44. The van der Waals surface area contributed by atoms with Crippen LogP contribution in [0.4, 0.5) is 5.69 Å². The number of hydrazone groups is 1. The molecule has 2 aromatic carbocycles. The Morgan fingerprint density at radius 1 is 1.16 bits per heavy atom. The number of hydrogen-bond donors (Lipinski definition) is 1. The highest BCUT2D eigenvalue weighted by molar-refractivity contribution is 9.10. The van der Waals surface area contributed by atoms with Crippen molar-refractivity contribution in [3.8, 4) is 5.75 Å². The monoisotopic (exact) mass is 482 g/mol. The molecule has 0 atom stereocenters. The van der Waals surface area contributed by atoms with Crippen molar-refractivity contribution in [2.75, 3.05) is 0 Å². The third-order valence-corrected chi connectivity index (χ3v) is 4.50. The number of carbonyl (C=O) groups is 2. The van der Waals surface area contributed by atoms with E-state index >= 15 is 0 Å². The van der Waals surface area contributed by atoms with Gasteiger partial charge in [0.2, 0.25) is 0 Å². The van der Waals surface area contributed by atoms with E-state index in [0.717, 1.165) is 11.9 Å². The number of benzene rings is 2. The molecule has 0 saturated carbocycles. The lowest BCUT2D eigenvalue weighted by Crippen LogP contribution is -2.18. The molecule has 1 amide bonds. The van der Waals surface area contributed by atoms with Crippen molar-refractivity contribution in [2.45, 2.75) is 6.92 Å². The summed E-state index contributed by atoms with van der Waals surface area (Å²) in [6, 6.07) is 13.5. The molecule has 0 unspecified atom stereocenters. The molecule has 10 heteroatoms. The van der Waals surface area contributed by atoms with Crippen molar-refractivity contribution in [3.05, 3.63) is 97.8 Å². The van der Waals surface area contributed by atoms with Crippen molar-refractivity contribution in [1.29, 1.82) is 0 Å². The topological polar surface area (TPSA) is 124 Å². The van der Waals surface area contributed by atoms with Crippen LogP contribution >= 0.6 is 15.9 Å². The predicted molar refractivity (Wildman–Crippen MR) is 116 cm³/mol. The molecule has 0 fully saturated rings. The van der Waals surface area contributed by atoms with Crippen molar-refractivity contribution in [3.63, 3.8) is 0 Å². The lowest BCUT2D eigenvalue weighted by Gasteiger charge is -2.08. The predicted octanol–water partition coefficient (Wildman–Crippen LogP) is 4.04. The van der Waals surface area contributed by atoms with Gasteiger partial charge in [-0.25, -0.2) is 10.2 Å². The molecule has 0 aliphatic rings. The Kier molecular flexibility index (Phi) is 6.83. The number of non-ortho nitro benzene ring substituents is 1.